The molecule has 0 saturated heterocycles. The molecule has 4 aromatic rings. The van der Waals surface area contributed by atoms with E-state index in [9.17, 15) is 28.9 Å². The van der Waals surface area contributed by atoms with E-state index in [4.69, 9.17) is 11.6 Å². The minimum Gasteiger partial charge on any atom is -0.321 e. The molecule has 8 nitrogen and oxygen atoms in total. The normalized spacial score (nSPS) is 11.2. The van der Waals surface area contributed by atoms with E-state index in [1.807, 2.05) is 0 Å². The summed E-state index contributed by atoms with van der Waals surface area (Å²) in [6.45, 7) is 0. The molecule has 0 aliphatic heterocycles. The van der Waals surface area contributed by atoms with E-state index in [1.165, 1.54) is 72.8 Å². The second kappa shape index (κ2) is 13.1. The summed E-state index contributed by atoms with van der Waals surface area (Å²) in [4.78, 5) is 49.2. The quantitative estimate of drug-likeness (QED) is 0.101. The van der Waals surface area contributed by atoms with Gasteiger partial charge in [-0.25, -0.2) is 4.39 Å². The Morgan fingerprint density at radius 1 is 0.829 bits per heavy atom. The summed E-state index contributed by atoms with van der Waals surface area (Å²) >= 11 is 6.13. The summed E-state index contributed by atoms with van der Waals surface area (Å²) in [5.41, 5.74) is 0.633. The number of nitro benzene ring substituents is 1. The predicted molar refractivity (Wildman–Crippen MR) is 155 cm³/mol. The minimum absolute atomic E-state index is 0.0426. The number of halogens is 2. The van der Waals surface area contributed by atoms with Crippen LogP contribution in [-0.4, -0.2) is 22.5 Å². The highest BCUT2D eigenvalue weighted by Gasteiger charge is 2.17. The van der Waals surface area contributed by atoms with Crippen LogP contribution < -0.4 is 10.6 Å². The standard InChI is InChI=1S/C31H21ClFN3O5/c32-25-10-6-11-26(33)24(25)19-27(35-30(38)22-8-2-1-3-9-22)31(39)34-23-16-13-21(14-17-23)29(37)18-15-20-7-4-5-12-28(20)36(40)41/h1-19H,(H,34,39)(H,35,38)/b18-15+,27-19-. The van der Waals surface area contributed by atoms with Gasteiger partial charge in [0.25, 0.3) is 17.5 Å². The lowest BCUT2D eigenvalue weighted by atomic mass is 10.1. The maximum Gasteiger partial charge on any atom is 0.276 e. The number of ketones is 1. The Balaban J connectivity index is 1.53. The van der Waals surface area contributed by atoms with Crippen molar-refractivity contribution in [1.29, 1.82) is 0 Å². The molecule has 0 saturated carbocycles. The molecule has 4 rings (SSSR count). The van der Waals surface area contributed by atoms with E-state index < -0.39 is 28.3 Å². The molecule has 0 aliphatic rings. The summed E-state index contributed by atoms with van der Waals surface area (Å²) in [6.07, 6.45) is 3.71. The van der Waals surface area contributed by atoms with E-state index in [0.717, 1.165) is 6.08 Å². The first-order valence-corrected chi connectivity index (χ1v) is 12.5. The Morgan fingerprint density at radius 2 is 1.51 bits per heavy atom. The molecule has 0 aliphatic carbocycles. The number of nitrogens with one attached hydrogen (secondary N) is 2. The van der Waals surface area contributed by atoms with Crippen LogP contribution in [0, 0.1) is 15.9 Å². The van der Waals surface area contributed by atoms with Crippen molar-refractivity contribution in [2.45, 2.75) is 0 Å². The van der Waals surface area contributed by atoms with Crippen LogP contribution in [-0.2, 0) is 4.79 Å². The molecule has 41 heavy (non-hydrogen) atoms. The number of allylic oxidation sites excluding steroid dienone is 1. The van der Waals surface area contributed by atoms with E-state index >= 15 is 0 Å². The Bertz CT molecular complexity index is 1670. The van der Waals surface area contributed by atoms with Crippen molar-refractivity contribution in [3.05, 3.63) is 152 Å². The van der Waals surface area contributed by atoms with Crippen LogP contribution in [0.3, 0.4) is 0 Å². The minimum atomic E-state index is -0.760. The monoisotopic (exact) mass is 569 g/mol. The van der Waals surface area contributed by atoms with Gasteiger partial charge in [0.15, 0.2) is 5.78 Å². The zero-order valence-electron chi connectivity index (χ0n) is 21.2. The highest BCUT2D eigenvalue weighted by atomic mass is 35.5. The van der Waals surface area contributed by atoms with Crippen molar-refractivity contribution < 1.29 is 23.7 Å². The topological polar surface area (TPSA) is 118 Å². The van der Waals surface area contributed by atoms with Gasteiger partial charge in [0.2, 0.25) is 0 Å². The van der Waals surface area contributed by atoms with Gasteiger partial charge >= 0.3 is 0 Å². The summed E-state index contributed by atoms with van der Waals surface area (Å²) in [6, 6.07) is 24.1. The van der Waals surface area contributed by atoms with Gasteiger partial charge in [-0.2, -0.15) is 0 Å². The number of nitrogens with zero attached hydrogens (tertiary/aromatic N) is 1. The molecule has 0 radical (unpaired) electrons. The highest BCUT2D eigenvalue weighted by molar-refractivity contribution is 6.32. The molecular formula is C31H21ClFN3O5. The predicted octanol–water partition coefficient (Wildman–Crippen LogP) is 6.69. The number of amides is 2. The summed E-state index contributed by atoms with van der Waals surface area (Å²) in [7, 11) is 0. The molecule has 10 heteroatoms. The van der Waals surface area contributed by atoms with E-state index in [1.54, 1.807) is 36.4 Å². The molecule has 0 fully saturated rings. The number of carbonyl (C=O) groups is 3. The van der Waals surface area contributed by atoms with Crippen LogP contribution in [0.5, 0.6) is 0 Å². The highest BCUT2D eigenvalue weighted by Crippen LogP contribution is 2.23. The fourth-order valence-corrected chi connectivity index (χ4v) is 3.93. The number of nitro groups is 1. The lowest BCUT2D eigenvalue weighted by Gasteiger charge is -2.12. The first kappa shape index (κ1) is 28.6. The van der Waals surface area contributed by atoms with Crippen molar-refractivity contribution >= 4 is 52.7 Å². The smallest absolute Gasteiger partial charge is 0.276 e. The summed E-state index contributed by atoms with van der Waals surface area (Å²) < 4.78 is 14.5. The molecule has 0 spiro atoms. The van der Waals surface area contributed by atoms with Gasteiger partial charge in [0.05, 0.1) is 15.5 Å². The van der Waals surface area contributed by atoms with Crippen molar-refractivity contribution in [1.82, 2.24) is 5.32 Å². The lowest BCUT2D eigenvalue weighted by Crippen LogP contribution is -2.30. The first-order chi connectivity index (χ1) is 19.7. The molecule has 0 bridgehead atoms. The Hall–Kier alpha value is -5.41. The molecule has 0 aromatic heterocycles. The average Bonchev–Trinajstić information content (AvgIpc) is 2.98. The zero-order valence-corrected chi connectivity index (χ0v) is 22.0. The molecular weight excluding hydrogens is 549 g/mol. The third kappa shape index (κ3) is 7.37. The molecule has 2 N–H and O–H groups in total. The van der Waals surface area contributed by atoms with Crippen LogP contribution in [0.4, 0.5) is 15.8 Å². The van der Waals surface area contributed by atoms with E-state index in [0.29, 0.717) is 0 Å². The van der Waals surface area contributed by atoms with Crippen molar-refractivity contribution in [3.63, 3.8) is 0 Å². The number of hydrogen-bond donors (Lipinski definition) is 2. The number of anilines is 1. The zero-order chi connectivity index (χ0) is 29.4. The average molecular weight is 570 g/mol. The van der Waals surface area contributed by atoms with Crippen LogP contribution in [0.1, 0.15) is 31.8 Å². The number of benzene rings is 4. The molecule has 204 valence electrons. The number of hydrogen-bond acceptors (Lipinski definition) is 5. The van der Waals surface area contributed by atoms with Crippen LogP contribution in [0.25, 0.3) is 12.2 Å². The molecule has 0 atom stereocenters. The number of para-hydroxylation sites is 1. The summed E-state index contributed by atoms with van der Waals surface area (Å²) in [5.74, 6) is -2.45. The lowest BCUT2D eigenvalue weighted by molar-refractivity contribution is -0.385. The van der Waals surface area contributed by atoms with Crippen molar-refractivity contribution in [2.24, 2.45) is 0 Å². The fraction of sp³-hybridized carbons (Fsp3) is 0. The van der Waals surface area contributed by atoms with Crippen molar-refractivity contribution in [3.8, 4) is 0 Å². The number of rotatable bonds is 9. The summed E-state index contributed by atoms with van der Waals surface area (Å²) in [5, 5.41) is 16.3. The Morgan fingerprint density at radius 3 is 2.20 bits per heavy atom. The van der Waals surface area contributed by atoms with E-state index in [-0.39, 0.29) is 44.3 Å². The van der Waals surface area contributed by atoms with Gasteiger partial charge < -0.3 is 10.6 Å². The van der Waals surface area contributed by atoms with Gasteiger partial charge in [0.1, 0.15) is 11.5 Å². The molecule has 2 amide bonds. The van der Waals surface area contributed by atoms with Crippen molar-refractivity contribution in [2.75, 3.05) is 5.32 Å². The van der Waals surface area contributed by atoms with Crippen LogP contribution >= 0.6 is 11.6 Å². The SMILES string of the molecule is O=C(Nc1ccc(C(=O)/C=C/c2ccccc2[N+](=O)[O-])cc1)/C(=C/c1c(F)cccc1Cl)NC(=O)c1ccccc1. The molecule has 0 unspecified atom stereocenters. The van der Waals surface area contributed by atoms with Crippen LogP contribution in [0.15, 0.2) is 109 Å². The number of carbonyl (C=O) groups excluding carboxylic acids is 3. The first-order valence-electron chi connectivity index (χ1n) is 12.1. The van der Waals surface area contributed by atoms with E-state index in [2.05, 4.69) is 10.6 Å². The molecule has 4 aromatic carbocycles. The molecule has 0 heterocycles. The van der Waals surface area contributed by atoms with Gasteiger partial charge in [-0.05, 0) is 72.8 Å². The third-order valence-electron chi connectivity index (χ3n) is 5.79. The third-order valence-corrected chi connectivity index (χ3v) is 6.12. The van der Waals surface area contributed by atoms with Gasteiger partial charge in [0, 0.05) is 28.4 Å². The Kier molecular flexibility index (Phi) is 9.13. The van der Waals surface area contributed by atoms with Gasteiger partial charge in [-0.3, -0.25) is 24.5 Å². The van der Waals surface area contributed by atoms with Gasteiger partial charge in [-0.15, -0.1) is 0 Å². The second-order valence-corrected chi connectivity index (χ2v) is 8.97. The Labute approximate surface area is 238 Å². The maximum absolute atomic E-state index is 14.5. The maximum atomic E-state index is 14.5. The largest absolute Gasteiger partial charge is 0.321 e. The van der Waals surface area contributed by atoms with Gasteiger partial charge in [-0.1, -0.05) is 48.0 Å². The fourth-order valence-electron chi connectivity index (χ4n) is 3.71. The second-order valence-electron chi connectivity index (χ2n) is 8.56. The van der Waals surface area contributed by atoms with Crippen LogP contribution in [0.2, 0.25) is 5.02 Å².